The van der Waals surface area contributed by atoms with Crippen LogP contribution in [0.4, 0.5) is 4.39 Å². The molecule has 0 aliphatic heterocycles. The lowest BCUT2D eigenvalue weighted by Crippen LogP contribution is -2.09. The van der Waals surface area contributed by atoms with Crippen LogP contribution in [0.25, 0.3) is 6.08 Å². The Balaban J connectivity index is 1.74. The molecule has 0 atom stereocenters. The van der Waals surface area contributed by atoms with Crippen molar-refractivity contribution in [2.75, 3.05) is 7.11 Å². The first-order chi connectivity index (χ1) is 14.0. The summed E-state index contributed by atoms with van der Waals surface area (Å²) in [6.45, 7) is 0. The second-order valence-electron chi connectivity index (χ2n) is 6.01. The fourth-order valence-electron chi connectivity index (χ4n) is 2.50. The SMILES string of the molecule is COc1cc(C=CC(=O)c2ccc(Cl)cc2)ccc1OC(=O)c1ccc(F)cc1. The van der Waals surface area contributed by atoms with Gasteiger partial charge < -0.3 is 9.47 Å². The largest absolute Gasteiger partial charge is 0.493 e. The number of hydrogen-bond acceptors (Lipinski definition) is 4. The number of rotatable bonds is 6. The molecule has 0 N–H and O–H groups in total. The van der Waals surface area contributed by atoms with E-state index in [0.29, 0.717) is 21.9 Å². The average molecular weight is 411 g/mol. The fraction of sp³-hybridized carbons (Fsp3) is 0.0435. The van der Waals surface area contributed by atoms with Gasteiger partial charge in [-0.3, -0.25) is 4.79 Å². The van der Waals surface area contributed by atoms with Crippen molar-refractivity contribution in [3.63, 3.8) is 0 Å². The van der Waals surface area contributed by atoms with E-state index in [-0.39, 0.29) is 17.1 Å². The van der Waals surface area contributed by atoms with Crippen molar-refractivity contribution >= 4 is 29.4 Å². The third-order valence-electron chi connectivity index (χ3n) is 4.03. The Labute approximate surface area is 172 Å². The standard InChI is InChI=1S/C23H16ClFO4/c1-28-22-14-15(2-12-20(26)16-4-8-18(24)9-5-16)3-13-21(22)29-23(27)17-6-10-19(25)11-7-17/h2-14H,1H3. The number of ketones is 1. The van der Waals surface area contributed by atoms with Crippen molar-refractivity contribution in [3.8, 4) is 11.5 Å². The van der Waals surface area contributed by atoms with Crippen molar-refractivity contribution in [2.24, 2.45) is 0 Å². The van der Waals surface area contributed by atoms with Crippen molar-refractivity contribution in [1.29, 1.82) is 0 Å². The number of hydrogen-bond donors (Lipinski definition) is 0. The minimum Gasteiger partial charge on any atom is -0.493 e. The van der Waals surface area contributed by atoms with Crippen molar-refractivity contribution in [2.45, 2.75) is 0 Å². The second kappa shape index (κ2) is 9.17. The predicted octanol–water partition coefficient (Wildman–Crippen LogP) is 5.60. The van der Waals surface area contributed by atoms with Gasteiger partial charge in [0.15, 0.2) is 17.3 Å². The normalized spacial score (nSPS) is 10.7. The maximum absolute atomic E-state index is 13.0. The minimum atomic E-state index is -0.635. The summed E-state index contributed by atoms with van der Waals surface area (Å²) in [5.74, 6) is -0.718. The van der Waals surface area contributed by atoms with Gasteiger partial charge in [-0.05, 0) is 72.3 Å². The Morgan fingerprint density at radius 2 is 1.55 bits per heavy atom. The highest BCUT2D eigenvalue weighted by Gasteiger charge is 2.13. The summed E-state index contributed by atoms with van der Waals surface area (Å²) in [7, 11) is 1.44. The molecule has 0 aliphatic rings. The van der Waals surface area contributed by atoms with Crippen LogP contribution in [0.1, 0.15) is 26.3 Å². The van der Waals surface area contributed by atoms with E-state index in [4.69, 9.17) is 21.1 Å². The van der Waals surface area contributed by atoms with Gasteiger partial charge in [-0.2, -0.15) is 0 Å². The Morgan fingerprint density at radius 3 is 2.21 bits per heavy atom. The molecule has 4 nitrogen and oxygen atoms in total. The number of esters is 1. The molecule has 0 saturated heterocycles. The Kier molecular flexibility index (Phi) is 6.42. The van der Waals surface area contributed by atoms with Crippen LogP contribution in [0.15, 0.2) is 72.8 Å². The summed E-state index contributed by atoms with van der Waals surface area (Å²) in [6.07, 6.45) is 3.06. The molecule has 6 heteroatoms. The van der Waals surface area contributed by atoms with Crippen LogP contribution < -0.4 is 9.47 Å². The van der Waals surface area contributed by atoms with Gasteiger partial charge in [0.05, 0.1) is 12.7 Å². The van der Waals surface area contributed by atoms with E-state index < -0.39 is 11.8 Å². The number of ether oxygens (including phenoxy) is 2. The third kappa shape index (κ3) is 5.30. The quantitative estimate of drug-likeness (QED) is 0.229. The Bertz CT molecular complexity index is 1060. The van der Waals surface area contributed by atoms with Crippen LogP contribution in [0, 0.1) is 5.82 Å². The van der Waals surface area contributed by atoms with E-state index in [0.717, 1.165) is 0 Å². The van der Waals surface area contributed by atoms with E-state index in [1.165, 1.54) is 37.5 Å². The third-order valence-corrected chi connectivity index (χ3v) is 4.28. The zero-order chi connectivity index (χ0) is 20.8. The van der Waals surface area contributed by atoms with Gasteiger partial charge in [-0.25, -0.2) is 9.18 Å². The number of methoxy groups -OCH3 is 1. The van der Waals surface area contributed by atoms with Gasteiger partial charge in [-0.1, -0.05) is 23.7 Å². The number of halogens is 2. The lowest BCUT2D eigenvalue weighted by molar-refractivity contribution is 0.0729. The maximum atomic E-state index is 13.0. The zero-order valence-corrected chi connectivity index (χ0v) is 16.2. The van der Waals surface area contributed by atoms with Gasteiger partial charge in [0, 0.05) is 10.6 Å². The molecule has 0 amide bonds. The highest BCUT2D eigenvalue weighted by Crippen LogP contribution is 2.29. The van der Waals surface area contributed by atoms with Crippen LogP contribution in [0.2, 0.25) is 5.02 Å². The number of allylic oxidation sites excluding steroid dienone is 1. The van der Waals surface area contributed by atoms with E-state index >= 15 is 0 Å². The molecule has 0 aliphatic carbocycles. The smallest absolute Gasteiger partial charge is 0.343 e. The molecule has 0 saturated carbocycles. The molecule has 3 aromatic carbocycles. The maximum Gasteiger partial charge on any atom is 0.343 e. The molecule has 0 unspecified atom stereocenters. The number of carbonyl (C=O) groups excluding carboxylic acids is 2. The summed E-state index contributed by atoms with van der Waals surface area (Å²) in [6, 6.07) is 16.5. The highest BCUT2D eigenvalue weighted by atomic mass is 35.5. The molecule has 146 valence electrons. The van der Waals surface area contributed by atoms with E-state index in [2.05, 4.69) is 0 Å². The molecule has 3 aromatic rings. The average Bonchev–Trinajstić information content (AvgIpc) is 2.73. The molecular formula is C23H16ClFO4. The minimum absolute atomic E-state index is 0.174. The highest BCUT2D eigenvalue weighted by molar-refractivity contribution is 6.30. The van der Waals surface area contributed by atoms with Crippen LogP contribution in [-0.4, -0.2) is 18.9 Å². The van der Waals surface area contributed by atoms with Crippen LogP contribution >= 0.6 is 11.6 Å². The predicted molar refractivity (Wildman–Crippen MR) is 109 cm³/mol. The Hall–Kier alpha value is -3.44. The van der Waals surface area contributed by atoms with Gasteiger partial charge in [-0.15, -0.1) is 0 Å². The van der Waals surface area contributed by atoms with Crippen molar-refractivity contribution in [1.82, 2.24) is 0 Å². The van der Waals surface area contributed by atoms with Gasteiger partial charge in [0.2, 0.25) is 0 Å². The molecule has 0 aromatic heterocycles. The van der Waals surface area contributed by atoms with Crippen LogP contribution in [0.3, 0.4) is 0 Å². The summed E-state index contributed by atoms with van der Waals surface area (Å²) in [5.41, 5.74) is 1.42. The topological polar surface area (TPSA) is 52.6 Å². The van der Waals surface area contributed by atoms with Crippen molar-refractivity contribution in [3.05, 3.63) is 100 Å². The fourth-order valence-corrected chi connectivity index (χ4v) is 2.63. The summed E-state index contributed by atoms with van der Waals surface area (Å²) in [4.78, 5) is 24.4. The van der Waals surface area contributed by atoms with E-state index in [1.807, 2.05) is 0 Å². The zero-order valence-electron chi connectivity index (χ0n) is 15.4. The number of benzene rings is 3. The molecular weight excluding hydrogens is 395 g/mol. The van der Waals surface area contributed by atoms with Crippen molar-refractivity contribution < 1.29 is 23.5 Å². The molecule has 0 heterocycles. The van der Waals surface area contributed by atoms with Gasteiger partial charge in [0.1, 0.15) is 5.82 Å². The number of carbonyl (C=O) groups is 2. The molecule has 0 spiro atoms. The summed E-state index contributed by atoms with van der Waals surface area (Å²) < 4.78 is 23.6. The summed E-state index contributed by atoms with van der Waals surface area (Å²) in [5, 5.41) is 0.557. The molecule has 0 radical (unpaired) electrons. The lowest BCUT2D eigenvalue weighted by atomic mass is 10.1. The molecule has 0 bridgehead atoms. The van der Waals surface area contributed by atoms with Crippen LogP contribution in [-0.2, 0) is 0 Å². The van der Waals surface area contributed by atoms with Gasteiger partial charge in [0.25, 0.3) is 0 Å². The molecule has 3 rings (SSSR count). The molecule has 0 fully saturated rings. The summed E-state index contributed by atoms with van der Waals surface area (Å²) >= 11 is 5.82. The first-order valence-electron chi connectivity index (χ1n) is 8.60. The van der Waals surface area contributed by atoms with Gasteiger partial charge >= 0.3 is 5.97 Å². The first kappa shape index (κ1) is 20.3. The molecule has 29 heavy (non-hydrogen) atoms. The van der Waals surface area contributed by atoms with E-state index in [9.17, 15) is 14.0 Å². The van der Waals surface area contributed by atoms with E-state index in [1.54, 1.807) is 48.5 Å². The Morgan fingerprint density at radius 1 is 0.897 bits per heavy atom. The first-order valence-corrected chi connectivity index (χ1v) is 8.98. The van der Waals surface area contributed by atoms with Crippen LogP contribution in [0.5, 0.6) is 11.5 Å². The monoisotopic (exact) mass is 410 g/mol. The second-order valence-corrected chi connectivity index (χ2v) is 6.45. The lowest BCUT2D eigenvalue weighted by Gasteiger charge is -2.10.